The van der Waals surface area contributed by atoms with Gasteiger partial charge in [0.1, 0.15) is 5.75 Å². The molecule has 0 unspecified atom stereocenters. The van der Waals surface area contributed by atoms with Gasteiger partial charge in [0.05, 0.1) is 12.7 Å². The van der Waals surface area contributed by atoms with Gasteiger partial charge in [0, 0.05) is 26.6 Å². The first-order valence-electron chi connectivity index (χ1n) is 6.07. The van der Waals surface area contributed by atoms with Gasteiger partial charge in [-0.15, -0.1) is 0 Å². The van der Waals surface area contributed by atoms with E-state index >= 15 is 0 Å². The van der Waals surface area contributed by atoms with E-state index in [-0.39, 0.29) is 12.5 Å². The Bertz CT molecular complexity index is 677. The van der Waals surface area contributed by atoms with Crippen molar-refractivity contribution < 1.29 is 9.53 Å². The van der Waals surface area contributed by atoms with Gasteiger partial charge >= 0.3 is 0 Å². The van der Waals surface area contributed by atoms with Gasteiger partial charge in [-0.1, -0.05) is 29.3 Å². The lowest BCUT2D eigenvalue weighted by Crippen LogP contribution is -2.23. The number of carbonyl (C=O) groups excluding carboxylic acids is 1. The maximum Gasteiger partial charge on any atom is 0.252 e. The van der Waals surface area contributed by atoms with Crippen molar-refractivity contribution in [3.8, 4) is 5.75 Å². The third kappa shape index (κ3) is 3.90. The third-order valence-electron chi connectivity index (χ3n) is 2.89. The number of nitrogens with one attached hydrogen (secondary N) is 1. The number of halogens is 3. The SMILES string of the molecule is COc1cccc(Cl)c1CNC(=O)c1cc(Cl)ccc1Br. The summed E-state index contributed by atoms with van der Waals surface area (Å²) in [5, 5.41) is 3.85. The van der Waals surface area contributed by atoms with E-state index in [1.807, 2.05) is 0 Å². The predicted octanol–water partition coefficient (Wildman–Crippen LogP) is 4.69. The molecule has 0 saturated carbocycles. The highest BCUT2D eigenvalue weighted by Gasteiger charge is 2.13. The van der Waals surface area contributed by atoms with Gasteiger partial charge in [0.25, 0.3) is 5.91 Å². The zero-order valence-corrected chi connectivity index (χ0v) is 14.2. The van der Waals surface area contributed by atoms with Crippen molar-refractivity contribution in [1.29, 1.82) is 0 Å². The zero-order valence-electron chi connectivity index (χ0n) is 11.1. The lowest BCUT2D eigenvalue weighted by molar-refractivity contribution is 0.0950. The Hall–Kier alpha value is -1.23. The lowest BCUT2D eigenvalue weighted by Gasteiger charge is -2.12. The van der Waals surface area contributed by atoms with E-state index in [0.29, 0.717) is 25.8 Å². The molecule has 110 valence electrons. The first-order valence-corrected chi connectivity index (χ1v) is 7.62. The monoisotopic (exact) mass is 387 g/mol. The Balaban J connectivity index is 2.17. The normalized spacial score (nSPS) is 10.3. The number of ether oxygens (including phenoxy) is 1. The fourth-order valence-corrected chi connectivity index (χ4v) is 2.67. The van der Waals surface area contributed by atoms with Crippen molar-refractivity contribution in [2.75, 3.05) is 7.11 Å². The Morgan fingerprint density at radius 2 is 2.05 bits per heavy atom. The molecule has 0 aliphatic rings. The van der Waals surface area contributed by atoms with Gasteiger partial charge < -0.3 is 10.1 Å². The van der Waals surface area contributed by atoms with Crippen molar-refractivity contribution in [2.45, 2.75) is 6.54 Å². The molecule has 0 aliphatic heterocycles. The Morgan fingerprint density at radius 1 is 1.29 bits per heavy atom. The van der Waals surface area contributed by atoms with Crippen LogP contribution in [0.4, 0.5) is 0 Å². The van der Waals surface area contributed by atoms with Crippen LogP contribution in [0.15, 0.2) is 40.9 Å². The van der Waals surface area contributed by atoms with Gasteiger partial charge in [-0.05, 0) is 46.3 Å². The quantitative estimate of drug-likeness (QED) is 0.824. The topological polar surface area (TPSA) is 38.3 Å². The maximum absolute atomic E-state index is 12.2. The minimum absolute atomic E-state index is 0.244. The first-order chi connectivity index (χ1) is 10.0. The molecule has 1 N–H and O–H groups in total. The van der Waals surface area contributed by atoms with E-state index in [0.717, 1.165) is 5.56 Å². The largest absolute Gasteiger partial charge is 0.496 e. The van der Waals surface area contributed by atoms with Crippen molar-refractivity contribution in [2.24, 2.45) is 0 Å². The molecule has 2 aromatic rings. The van der Waals surface area contributed by atoms with Gasteiger partial charge in [-0.3, -0.25) is 4.79 Å². The fraction of sp³-hybridized carbons (Fsp3) is 0.133. The molecule has 2 aromatic carbocycles. The van der Waals surface area contributed by atoms with Crippen LogP contribution in [0.3, 0.4) is 0 Å². The summed E-state index contributed by atoms with van der Waals surface area (Å²) in [6.07, 6.45) is 0. The average molecular weight is 389 g/mol. The Labute approximate surface area is 141 Å². The van der Waals surface area contributed by atoms with E-state index in [2.05, 4.69) is 21.2 Å². The molecule has 0 bridgehead atoms. The molecule has 6 heteroatoms. The Kier molecular flexibility index (Phi) is 5.51. The van der Waals surface area contributed by atoms with E-state index in [4.69, 9.17) is 27.9 Å². The first kappa shape index (κ1) is 16.1. The third-order valence-corrected chi connectivity index (χ3v) is 4.18. The average Bonchev–Trinajstić information content (AvgIpc) is 2.47. The molecule has 0 saturated heterocycles. The summed E-state index contributed by atoms with van der Waals surface area (Å²) < 4.78 is 5.92. The second-order valence-corrected chi connectivity index (χ2v) is 5.93. The molecule has 0 heterocycles. The molecule has 0 spiro atoms. The summed E-state index contributed by atoms with van der Waals surface area (Å²) >= 11 is 15.4. The summed E-state index contributed by atoms with van der Waals surface area (Å²) in [6, 6.07) is 10.4. The summed E-state index contributed by atoms with van der Waals surface area (Å²) in [4.78, 5) is 12.2. The van der Waals surface area contributed by atoms with Crippen LogP contribution in [0.25, 0.3) is 0 Å². The van der Waals surface area contributed by atoms with Gasteiger partial charge in [0.2, 0.25) is 0 Å². The molecule has 0 aliphatic carbocycles. The molecule has 1 amide bonds. The molecule has 0 radical (unpaired) electrons. The lowest BCUT2D eigenvalue weighted by atomic mass is 10.1. The van der Waals surface area contributed by atoms with Crippen molar-refractivity contribution >= 4 is 45.0 Å². The van der Waals surface area contributed by atoms with E-state index in [9.17, 15) is 4.79 Å². The van der Waals surface area contributed by atoms with Gasteiger partial charge in [-0.25, -0.2) is 0 Å². The number of methoxy groups -OCH3 is 1. The summed E-state index contributed by atoms with van der Waals surface area (Å²) in [6.45, 7) is 0.265. The van der Waals surface area contributed by atoms with Crippen LogP contribution in [-0.2, 0) is 6.54 Å². The highest BCUT2D eigenvalue weighted by atomic mass is 79.9. The maximum atomic E-state index is 12.2. The second kappa shape index (κ2) is 7.16. The van der Waals surface area contributed by atoms with Crippen LogP contribution in [-0.4, -0.2) is 13.0 Å². The standard InChI is InChI=1S/C15H12BrCl2NO2/c1-21-14-4-2-3-13(18)11(14)8-19-15(20)10-7-9(17)5-6-12(10)16/h2-7H,8H2,1H3,(H,19,20). The smallest absolute Gasteiger partial charge is 0.252 e. The van der Waals surface area contributed by atoms with Crippen molar-refractivity contribution in [3.63, 3.8) is 0 Å². The number of amides is 1. The fourth-order valence-electron chi connectivity index (χ4n) is 1.84. The highest BCUT2D eigenvalue weighted by Crippen LogP contribution is 2.26. The van der Waals surface area contributed by atoms with Crippen LogP contribution >= 0.6 is 39.1 Å². The van der Waals surface area contributed by atoms with E-state index < -0.39 is 0 Å². The minimum Gasteiger partial charge on any atom is -0.496 e. The number of hydrogen-bond donors (Lipinski definition) is 1. The Morgan fingerprint density at radius 3 is 2.76 bits per heavy atom. The van der Waals surface area contributed by atoms with Crippen LogP contribution < -0.4 is 10.1 Å². The molecular formula is C15H12BrCl2NO2. The molecule has 0 atom stereocenters. The highest BCUT2D eigenvalue weighted by molar-refractivity contribution is 9.10. The number of rotatable bonds is 4. The summed E-state index contributed by atoms with van der Waals surface area (Å²) in [7, 11) is 1.56. The zero-order chi connectivity index (χ0) is 15.4. The molecule has 3 nitrogen and oxygen atoms in total. The molecule has 2 rings (SSSR count). The van der Waals surface area contributed by atoms with Crippen LogP contribution in [0, 0.1) is 0 Å². The molecule has 0 aromatic heterocycles. The minimum atomic E-state index is -0.244. The molecule has 21 heavy (non-hydrogen) atoms. The molecule has 0 fully saturated rings. The van der Waals surface area contributed by atoms with Gasteiger partial charge in [0.15, 0.2) is 0 Å². The van der Waals surface area contributed by atoms with Crippen molar-refractivity contribution in [3.05, 3.63) is 62.0 Å². The van der Waals surface area contributed by atoms with E-state index in [1.165, 1.54) is 0 Å². The van der Waals surface area contributed by atoms with Crippen LogP contribution in [0.1, 0.15) is 15.9 Å². The summed E-state index contributed by atoms with van der Waals surface area (Å²) in [5.41, 5.74) is 1.20. The second-order valence-electron chi connectivity index (χ2n) is 4.23. The predicted molar refractivity (Wildman–Crippen MR) is 88.3 cm³/mol. The number of benzene rings is 2. The van der Waals surface area contributed by atoms with Gasteiger partial charge in [-0.2, -0.15) is 0 Å². The van der Waals surface area contributed by atoms with Crippen molar-refractivity contribution in [1.82, 2.24) is 5.32 Å². The van der Waals surface area contributed by atoms with Crippen LogP contribution in [0.2, 0.25) is 10.0 Å². The number of carbonyl (C=O) groups is 1. The molecular weight excluding hydrogens is 377 g/mol. The summed E-state index contributed by atoms with van der Waals surface area (Å²) in [5.74, 6) is 0.388. The van der Waals surface area contributed by atoms with E-state index in [1.54, 1.807) is 43.5 Å². The van der Waals surface area contributed by atoms with Crippen LogP contribution in [0.5, 0.6) is 5.75 Å². The number of hydrogen-bond acceptors (Lipinski definition) is 2.